The van der Waals surface area contributed by atoms with E-state index in [4.69, 9.17) is 13.3 Å². The van der Waals surface area contributed by atoms with Gasteiger partial charge in [-0.15, -0.1) is 0 Å². The van der Waals surface area contributed by atoms with Crippen LogP contribution in [0.1, 0.15) is 0 Å². The molecule has 0 aromatic heterocycles. The van der Waals surface area contributed by atoms with Crippen molar-refractivity contribution >= 4 is 11.4 Å². The fourth-order valence-corrected chi connectivity index (χ4v) is 0. The van der Waals surface area contributed by atoms with Crippen LogP contribution in [0, 0.1) is 0 Å². The summed E-state index contributed by atoms with van der Waals surface area (Å²) in [5.41, 5.74) is 0. The SMILES string of the molecule is O=S(O)O.[Hf]. The molecule has 0 aliphatic heterocycles. The third-order valence-electron chi connectivity index (χ3n) is 0. The van der Waals surface area contributed by atoms with E-state index in [1.54, 1.807) is 0 Å². The second kappa shape index (κ2) is 4.94. The predicted octanol–water partition coefficient (Wildman–Crippen LogP) is -0.321. The first kappa shape index (κ1) is 9.34. The van der Waals surface area contributed by atoms with E-state index < -0.39 is 11.4 Å². The molecular weight excluding hydrogens is 259 g/mol. The Bertz CT molecular complexity index is 29.9. The molecule has 0 heterocycles. The molecule has 0 spiro atoms. The maximum Gasteiger partial charge on any atom is 0.299 e. The van der Waals surface area contributed by atoms with Gasteiger partial charge in [0.1, 0.15) is 0 Å². The molecule has 0 radical (unpaired) electrons. The summed E-state index contributed by atoms with van der Waals surface area (Å²) in [4.78, 5) is 0. The monoisotopic (exact) mass is 262 g/mol. The number of hydrogen-bond donors (Lipinski definition) is 2. The normalized spacial score (nSPS) is 7.00. The van der Waals surface area contributed by atoms with Crippen LogP contribution in [-0.2, 0) is 37.2 Å². The van der Waals surface area contributed by atoms with Crippen LogP contribution in [0.2, 0.25) is 0 Å². The Labute approximate surface area is 50.7 Å². The van der Waals surface area contributed by atoms with Gasteiger partial charge in [-0.1, -0.05) is 0 Å². The predicted molar refractivity (Wildman–Crippen MR) is 13.4 cm³/mol. The second-order valence-electron chi connectivity index (χ2n) is 0.231. The molecule has 0 rings (SSSR count). The van der Waals surface area contributed by atoms with Gasteiger partial charge in [0.15, 0.2) is 0 Å². The van der Waals surface area contributed by atoms with Crippen LogP contribution in [0.4, 0.5) is 0 Å². The van der Waals surface area contributed by atoms with Crippen molar-refractivity contribution in [2.75, 3.05) is 0 Å². The Kier molecular flexibility index (Phi) is 9.23. The summed E-state index contributed by atoms with van der Waals surface area (Å²) in [6.45, 7) is 0. The van der Waals surface area contributed by atoms with Crippen molar-refractivity contribution in [2.24, 2.45) is 0 Å². The molecule has 3 nitrogen and oxygen atoms in total. The largest absolute Gasteiger partial charge is 0.299 e. The average Bonchev–Trinajstić information content (AvgIpc) is 0.811. The fraction of sp³-hybridized carbons (Fsp3) is 0. The Morgan fingerprint density at radius 1 is 1.40 bits per heavy atom. The van der Waals surface area contributed by atoms with Gasteiger partial charge in [-0.05, 0) is 0 Å². The van der Waals surface area contributed by atoms with Crippen LogP contribution in [0.25, 0.3) is 0 Å². The molecule has 0 atom stereocenters. The van der Waals surface area contributed by atoms with Crippen molar-refractivity contribution in [3.05, 3.63) is 0 Å². The molecular formula is H2HfO3S. The van der Waals surface area contributed by atoms with E-state index in [9.17, 15) is 0 Å². The molecule has 0 amide bonds. The average molecular weight is 261 g/mol. The van der Waals surface area contributed by atoms with Gasteiger partial charge < -0.3 is 0 Å². The quantitative estimate of drug-likeness (QED) is 0.464. The van der Waals surface area contributed by atoms with E-state index in [2.05, 4.69) is 0 Å². The van der Waals surface area contributed by atoms with Gasteiger partial charge in [0.2, 0.25) is 0 Å². The molecule has 0 saturated heterocycles. The molecule has 2 N–H and O–H groups in total. The summed E-state index contributed by atoms with van der Waals surface area (Å²) in [5.74, 6) is 0. The van der Waals surface area contributed by atoms with Crippen molar-refractivity contribution in [2.45, 2.75) is 0 Å². The van der Waals surface area contributed by atoms with Crippen molar-refractivity contribution in [1.29, 1.82) is 0 Å². The Morgan fingerprint density at radius 3 is 1.40 bits per heavy atom. The van der Waals surface area contributed by atoms with Gasteiger partial charge in [-0.2, -0.15) is 4.21 Å². The van der Waals surface area contributed by atoms with Crippen molar-refractivity contribution in [1.82, 2.24) is 0 Å². The Balaban J connectivity index is 0. The van der Waals surface area contributed by atoms with Crippen LogP contribution < -0.4 is 0 Å². The molecule has 30 valence electrons. The van der Waals surface area contributed by atoms with Gasteiger partial charge in [0.25, 0.3) is 11.4 Å². The third kappa shape index (κ3) is 48.3. The maximum atomic E-state index is 8.67. The zero-order valence-corrected chi connectivity index (χ0v) is 6.62. The Morgan fingerprint density at radius 2 is 1.40 bits per heavy atom. The molecule has 0 aliphatic rings. The first-order valence-electron chi connectivity index (χ1n) is 0.532. The van der Waals surface area contributed by atoms with Crippen LogP contribution >= 0.6 is 0 Å². The van der Waals surface area contributed by atoms with Gasteiger partial charge >= 0.3 is 0 Å². The third-order valence-corrected chi connectivity index (χ3v) is 0. The maximum absolute atomic E-state index is 8.67. The molecule has 0 saturated carbocycles. The summed E-state index contributed by atoms with van der Waals surface area (Å²) in [6.07, 6.45) is 0. The van der Waals surface area contributed by atoms with Crippen LogP contribution in [0.3, 0.4) is 0 Å². The second-order valence-corrected chi connectivity index (χ2v) is 0.692. The fourth-order valence-electron chi connectivity index (χ4n) is 0. The minimum absolute atomic E-state index is 0. The van der Waals surface area contributed by atoms with E-state index >= 15 is 0 Å². The molecule has 0 fully saturated rings. The molecule has 0 aromatic carbocycles. The first-order valence-corrected chi connectivity index (χ1v) is 1.60. The zero-order valence-electron chi connectivity index (χ0n) is 2.21. The molecule has 5 heteroatoms. The molecule has 0 bridgehead atoms. The summed E-state index contributed by atoms with van der Waals surface area (Å²) in [6, 6.07) is 0. The summed E-state index contributed by atoms with van der Waals surface area (Å²) >= 11 is -2.61. The van der Waals surface area contributed by atoms with E-state index in [0.717, 1.165) is 0 Å². The van der Waals surface area contributed by atoms with Gasteiger partial charge in [-0.3, -0.25) is 9.11 Å². The van der Waals surface area contributed by atoms with Crippen molar-refractivity contribution < 1.29 is 39.2 Å². The number of rotatable bonds is 0. The van der Waals surface area contributed by atoms with E-state index in [1.165, 1.54) is 0 Å². The first-order chi connectivity index (χ1) is 1.73. The standard InChI is InChI=1S/Hf.H2O3S/c;1-4(2)3/h;(H2,1,2,3). The topological polar surface area (TPSA) is 57.5 Å². The van der Waals surface area contributed by atoms with Gasteiger partial charge in [0.05, 0.1) is 0 Å². The molecule has 5 heavy (non-hydrogen) atoms. The van der Waals surface area contributed by atoms with Crippen molar-refractivity contribution in [3.63, 3.8) is 0 Å². The molecule has 0 aliphatic carbocycles. The zero-order chi connectivity index (χ0) is 3.58. The van der Waals surface area contributed by atoms with Crippen LogP contribution in [0.5, 0.6) is 0 Å². The van der Waals surface area contributed by atoms with Crippen LogP contribution in [-0.4, -0.2) is 13.3 Å². The van der Waals surface area contributed by atoms with Crippen LogP contribution in [0.15, 0.2) is 0 Å². The van der Waals surface area contributed by atoms with Crippen molar-refractivity contribution in [3.8, 4) is 0 Å². The minimum Gasteiger partial charge on any atom is -0.284 e. The smallest absolute Gasteiger partial charge is 0.284 e. The summed E-state index contributed by atoms with van der Waals surface area (Å²) in [7, 11) is 0. The molecule has 0 aromatic rings. The summed E-state index contributed by atoms with van der Waals surface area (Å²) in [5, 5.41) is 0. The van der Waals surface area contributed by atoms with Gasteiger partial charge in [0, 0.05) is 25.8 Å². The Hall–Kier alpha value is 0.940. The van der Waals surface area contributed by atoms with E-state index in [1.807, 2.05) is 0 Å². The van der Waals surface area contributed by atoms with Gasteiger partial charge in [-0.25, -0.2) is 0 Å². The number of hydrogen-bond acceptors (Lipinski definition) is 1. The van der Waals surface area contributed by atoms with E-state index in [-0.39, 0.29) is 25.8 Å². The molecule has 0 unspecified atom stereocenters. The van der Waals surface area contributed by atoms with E-state index in [0.29, 0.717) is 0 Å². The minimum atomic E-state index is -2.61. The summed E-state index contributed by atoms with van der Waals surface area (Å²) < 4.78 is 22.8.